The van der Waals surface area contributed by atoms with Crippen molar-refractivity contribution in [3.63, 3.8) is 0 Å². The Morgan fingerprint density at radius 2 is 1.91 bits per heavy atom. The van der Waals surface area contributed by atoms with Crippen LogP contribution in [0, 0.1) is 11.6 Å². The smallest absolute Gasteiger partial charge is 0.255 e. The highest BCUT2D eigenvalue weighted by molar-refractivity contribution is 6.04. The van der Waals surface area contributed by atoms with Crippen LogP contribution in [0.25, 0.3) is 5.82 Å². The van der Waals surface area contributed by atoms with Gasteiger partial charge in [-0.3, -0.25) is 4.79 Å². The number of halogens is 2. The summed E-state index contributed by atoms with van der Waals surface area (Å²) in [7, 11) is 0. The van der Waals surface area contributed by atoms with Gasteiger partial charge in [0.25, 0.3) is 5.91 Å². The summed E-state index contributed by atoms with van der Waals surface area (Å²) in [4.78, 5) is 16.1. The SMILES string of the molecule is O=C(Nc1ccc(-n2cccn2)nc1)c1cc(F)cc(F)c1. The van der Waals surface area contributed by atoms with Gasteiger partial charge in [-0.15, -0.1) is 0 Å². The van der Waals surface area contributed by atoms with Crippen molar-refractivity contribution < 1.29 is 13.6 Å². The van der Waals surface area contributed by atoms with Crippen LogP contribution < -0.4 is 5.32 Å². The van der Waals surface area contributed by atoms with Crippen LogP contribution in [0.5, 0.6) is 0 Å². The Morgan fingerprint density at radius 1 is 1.14 bits per heavy atom. The van der Waals surface area contributed by atoms with Crippen LogP contribution in [-0.4, -0.2) is 20.7 Å². The number of nitrogens with zero attached hydrogens (tertiary/aromatic N) is 3. The van der Waals surface area contributed by atoms with Crippen molar-refractivity contribution in [1.29, 1.82) is 0 Å². The number of carbonyl (C=O) groups is 1. The maximum absolute atomic E-state index is 13.1. The molecule has 5 nitrogen and oxygen atoms in total. The summed E-state index contributed by atoms with van der Waals surface area (Å²) in [5.41, 5.74) is 0.305. The Morgan fingerprint density at radius 3 is 2.50 bits per heavy atom. The lowest BCUT2D eigenvalue weighted by atomic mass is 10.2. The average Bonchev–Trinajstić information content (AvgIpc) is 3.01. The topological polar surface area (TPSA) is 59.8 Å². The minimum atomic E-state index is -0.808. The van der Waals surface area contributed by atoms with E-state index in [1.54, 1.807) is 35.3 Å². The third kappa shape index (κ3) is 2.98. The van der Waals surface area contributed by atoms with Gasteiger partial charge in [-0.05, 0) is 30.3 Å². The zero-order chi connectivity index (χ0) is 15.5. The molecule has 0 aliphatic heterocycles. The van der Waals surface area contributed by atoms with E-state index >= 15 is 0 Å². The highest BCUT2D eigenvalue weighted by atomic mass is 19.1. The zero-order valence-electron chi connectivity index (χ0n) is 11.2. The minimum absolute atomic E-state index is 0.103. The van der Waals surface area contributed by atoms with Crippen LogP contribution in [0.2, 0.25) is 0 Å². The second kappa shape index (κ2) is 5.72. The van der Waals surface area contributed by atoms with Gasteiger partial charge in [0.1, 0.15) is 11.6 Å². The van der Waals surface area contributed by atoms with Crippen LogP contribution in [0.4, 0.5) is 14.5 Å². The molecule has 1 aromatic carbocycles. The summed E-state index contributed by atoms with van der Waals surface area (Å²) < 4.78 is 27.8. The van der Waals surface area contributed by atoms with E-state index in [1.165, 1.54) is 6.20 Å². The molecular formula is C15H10F2N4O. The number of carbonyl (C=O) groups excluding carboxylic acids is 1. The van der Waals surface area contributed by atoms with Gasteiger partial charge < -0.3 is 5.32 Å². The van der Waals surface area contributed by atoms with Crippen molar-refractivity contribution in [3.8, 4) is 5.82 Å². The Bertz CT molecular complexity index is 781. The molecule has 110 valence electrons. The second-order valence-electron chi connectivity index (χ2n) is 4.47. The van der Waals surface area contributed by atoms with E-state index in [4.69, 9.17) is 0 Å². The molecule has 0 atom stereocenters. The van der Waals surface area contributed by atoms with Crippen molar-refractivity contribution >= 4 is 11.6 Å². The number of hydrogen-bond acceptors (Lipinski definition) is 3. The van der Waals surface area contributed by atoms with Crippen molar-refractivity contribution in [2.45, 2.75) is 0 Å². The lowest BCUT2D eigenvalue weighted by Gasteiger charge is -2.06. The summed E-state index contributed by atoms with van der Waals surface area (Å²) in [6.45, 7) is 0. The number of pyridine rings is 1. The number of benzene rings is 1. The number of aromatic nitrogens is 3. The van der Waals surface area contributed by atoms with Crippen LogP contribution in [0.15, 0.2) is 55.0 Å². The molecule has 7 heteroatoms. The Hall–Kier alpha value is -3.09. The van der Waals surface area contributed by atoms with Crippen molar-refractivity contribution in [2.24, 2.45) is 0 Å². The Kier molecular flexibility index (Phi) is 3.61. The monoisotopic (exact) mass is 300 g/mol. The number of hydrogen-bond donors (Lipinski definition) is 1. The fraction of sp³-hybridized carbons (Fsp3) is 0. The van der Waals surface area contributed by atoms with Crippen molar-refractivity contribution in [2.75, 3.05) is 5.32 Å². The first-order chi connectivity index (χ1) is 10.6. The maximum atomic E-state index is 13.1. The molecule has 0 bridgehead atoms. The fourth-order valence-electron chi connectivity index (χ4n) is 1.89. The number of anilines is 1. The molecule has 1 N–H and O–H groups in total. The molecule has 2 aromatic heterocycles. The lowest BCUT2D eigenvalue weighted by molar-refractivity contribution is 0.102. The molecule has 0 saturated carbocycles. The van der Waals surface area contributed by atoms with E-state index in [2.05, 4.69) is 15.4 Å². The summed E-state index contributed by atoms with van der Waals surface area (Å²) in [6, 6.07) is 7.67. The van der Waals surface area contributed by atoms with E-state index in [9.17, 15) is 13.6 Å². The van der Waals surface area contributed by atoms with Gasteiger partial charge in [0.15, 0.2) is 5.82 Å². The van der Waals surface area contributed by atoms with Gasteiger partial charge in [-0.2, -0.15) is 5.10 Å². The van der Waals surface area contributed by atoms with Crippen LogP contribution in [0.1, 0.15) is 10.4 Å². The molecule has 0 fully saturated rings. The van der Waals surface area contributed by atoms with Gasteiger partial charge in [0.2, 0.25) is 0 Å². The Labute approximate surface area is 124 Å². The van der Waals surface area contributed by atoms with Gasteiger partial charge in [-0.25, -0.2) is 18.4 Å². The molecule has 0 radical (unpaired) electrons. The van der Waals surface area contributed by atoms with E-state index in [0.717, 1.165) is 12.1 Å². The summed E-state index contributed by atoms with van der Waals surface area (Å²) in [5, 5.41) is 6.55. The van der Waals surface area contributed by atoms with E-state index in [0.29, 0.717) is 17.6 Å². The molecule has 3 aromatic rings. The second-order valence-corrected chi connectivity index (χ2v) is 4.47. The Balaban J connectivity index is 1.76. The van der Waals surface area contributed by atoms with E-state index in [-0.39, 0.29) is 5.56 Å². The van der Waals surface area contributed by atoms with Gasteiger partial charge in [0, 0.05) is 24.0 Å². The van der Waals surface area contributed by atoms with Crippen LogP contribution in [0.3, 0.4) is 0 Å². The quantitative estimate of drug-likeness (QED) is 0.809. The third-order valence-electron chi connectivity index (χ3n) is 2.87. The van der Waals surface area contributed by atoms with Gasteiger partial charge in [-0.1, -0.05) is 0 Å². The van der Waals surface area contributed by atoms with Crippen LogP contribution in [-0.2, 0) is 0 Å². The normalized spacial score (nSPS) is 10.5. The number of nitrogens with one attached hydrogen (secondary N) is 1. The number of rotatable bonds is 3. The first-order valence-corrected chi connectivity index (χ1v) is 6.35. The summed E-state index contributed by atoms with van der Waals surface area (Å²) in [6.07, 6.45) is 4.79. The molecule has 0 unspecified atom stereocenters. The predicted octanol–water partition coefficient (Wildman–Crippen LogP) is 2.80. The molecule has 2 heterocycles. The maximum Gasteiger partial charge on any atom is 0.255 e. The van der Waals surface area contributed by atoms with Crippen LogP contribution >= 0.6 is 0 Å². The average molecular weight is 300 g/mol. The zero-order valence-corrected chi connectivity index (χ0v) is 11.2. The number of amides is 1. The summed E-state index contributed by atoms with van der Waals surface area (Å²) >= 11 is 0. The largest absolute Gasteiger partial charge is 0.321 e. The molecular weight excluding hydrogens is 290 g/mol. The standard InChI is InChI=1S/C15H10F2N4O/c16-11-6-10(7-12(17)8-11)15(22)20-13-2-3-14(18-9-13)21-5-1-4-19-21/h1-9H,(H,20,22). The first-order valence-electron chi connectivity index (χ1n) is 6.35. The molecule has 1 amide bonds. The van der Waals surface area contributed by atoms with Crippen molar-refractivity contribution in [1.82, 2.24) is 14.8 Å². The van der Waals surface area contributed by atoms with E-state index in [1.807, 2.05) is 0 Å². The summed E-state index contributed by atoms with van der Waals surface area (Å²) in [5.74, 6) is -1.65. The highest BCUT2D eigenvalue weighted by Gasteiger charge is 2.10. The molecule has 0 spiro atoms. The fourth-order valence-corrected chi connectivity index (χ4v) is 1.89. The van der Waals surface area contributed by atoms with Gasteiger partial charge >= 0.3 is 0 Å². The molecule has 3 rings (SSSR count). The third-order valence-corrected chi connectivity index (χ3v) is 2.87. The van der Waals surface area contributed by atoms with E-state index < -0.39 is 17.5 Å². The highest BCUT2D eigenvalue weighted by Crippen LogP contribution is 2.13. The molecule has 22 heavy (non-hydrogen) atoms. The minimum Gasteiger partial charge on any atom is -0.321 e. The van der Waals surface area contributed by atoms with Gasteiger partial charge in [0.05, 0.1) is 11.9 Å². The lowest BCUT2D eigenvalue weighted by Crippen LogP contribution is -2.13. The molecule has 0 aliphatic rings. The predicted molar refractivity (Wildman–Crippen MR) is 75.7 cm³/mol. The van der Waals surface area contributed by atoms with Crippen molar-refractivity contribution in [3.05, 3.63) is 72.2 Å². The first kappa shape index (κ1) is 13.9. The molecule has 0 saturated heterocycles. The molecule has 0 aliphatic carbocycles.